The summed E-state index contributed by atoms with van der Waals surface area (Å²) in [5.41, 5.74) is 2.87. The summed E-state index contributed by atoms with van der Waals surface area (Å²) in [5, 5.41) is 0. The summed E-state index contributed by atoms with van der Waals surface area (Å²) >= 11 is 0. The smallest absolute Gasteiger partial charge is 0.271 e. The summed E-state index contributed by atoms with van der Waals surface area (Å²) in [6.07, 6.45) is 0.856. The van der Waals surface area contributed by atoms with Crippen LogP contribution in [0, 0.1) is 27.7 Å². The Kier molecular flexibility index (Phi) is 9.58. The highest BCUT2D eigenvalue weighted by Gasteiger charge is 2.34. The number of amides is 2. The maximum absolute atomic E-state index is 13.7. The van der Waals surface area contributed by atoms with E-state index in [1.807, 2.05) is 13.8 Å². The summed E-state index contributed by atoms with van der Waals surface area (Å²) in [7, 11) is -8.55. The summed E-state index contributed by atoms with van der Waals surface area (Å²) < 4.78 is 56.5. The van der Waals surface area contributed by atoms with Crippen LogP contribution in [0.1, 0.15) is 61.8 Å². The Labute approximate surface area is 237 Å². The van der Waals surface area contributed by atoms with Gasteiger partial charge in [0.1, 0.15) is 0 Å². The average Bonchev–Trinajstić information content (AvgIpc) is 2.85. The van der Waals surface area contributed by atoms with E-state index in [9.17, 15) is 26.4 Å². The molecule has 0 aliphatic heterocycles. The standard InChI is InChI=1S/C30H36N2O6S2/c1-7-9-29(33)31(39(35,36)27-17-11-21(3)19-23(27)5)25-13-15-26(16-14-25)32(30(34)10-8-2)40(37,38)28-18-12-22(4)20-24(28)6/h11-20H,7-10H2,1-6H3. The van der Waals surface area contributed by atoms with Crippen LogP contribution in [0.4, 0.5) is 11.4 Å². The average molecular weight is 585 g/mol. The molecule has 0 N–H and O–H groups in total. The number of nitrogens with zero attached hydrogens (tertiary/aromatic N) is 2. The van der Waals surface area contributed by atoms with Crippen LogP contribution >= 0.6 is 0 Å². The van der Waals surface area contributed by atoms with E-state index in [-0.39, 0.29) is 34.0 Å². The molecule has 0 radical (unpaired) electrons. The fourth-order valence-corrected chi connectivity index (χ4v) is 7.88. The lowest BCUT2D eigenvalue weighted by molar-refractivity contribution is -0.118. The Morgan fingerprint density at radius 2 is 0.900 bits per heavy atom. The molecule has 3 aromatic rings. The zero-order valence-corrected chi connectivity index (χ0v) is 25.4. The van der Waals surface area contributed by atoms with E-state index in [2.05, 4.69) is 0 Å². The molecule has 0 saturated heterocycles. The number of aryl methyl sites for hydroxylation is 4. The molecule has 0 atom stereocenters. The Balaban J connectivity index is 2.15. The normalized spacial score (nSPS) is 11.8. The Hall–Kier alpha value is -3.50. The molecule has 0 bridgehead atoms. The minimum absolute atomic E-state index is 0.00352. The largest absolute Gasteiger partial charge is 0.273 e. The number of carbonyl (C=O) groups is 2. The zero-order valence-electron chi connectivity index (χ0n) is 23.8. The van der Waals surface area contributed by atoms with Crippen molar-refractivity contribution in [1.82, 2.24) is 0 Å². The molecule has 0 fully saturated rings. The van der Waals surface area contributed by atoms with Crippen LogP contribution < -0.4 is 8.61 Å². The first-order chi connectivity index (χ1) is 18.7. The van der Waals surface area contributed by atoms with Crippen molar-refractivity contribution >= 4 is 43.2 Å². The van der Waals surface area contributed by atoms with Gasteiger partial charge in [0.2, 0.25) is 11.8 Å². The quantitative estimate of drug-likeness (QED) is 0.291. The predicted octanol–water partition coefficient (Wildman–Crippen LogP) is 5.96. The molecule has 40 heavy (non-hydrogen) atoms. The molecule has 0 aliphatic carbocycles. The van der Waals surface area contributed by atoms with Gasteiger partial charge in [-0.2, -0.15) is 0 Å². The molecule has 0 heterocycles. The first kappa shape index (κ1) is 31.0. The molecule has 3 aromatic carbocycles. The number of hydrogen-bond acceptors (Lipinski definition) is 6. The lowest BCUT2D eigenvalue weighted by Gasteiger charge is -2.26. The molecule has 0 aromatic heterocycles. The van der Waals surface area contributed by atoms with Crippen LogP contribution in [0.25, 0.3) is 0 Å². The molecular formula is C30H36N2O6S2. The lowest BCUT2D eigenvalue weighted by Crippen LogP contribution is -2.38. The van der Waals surface area contributed by atoms with E-state index >= 15 is 0 Å². The van der Waals surface area contributed by atoms with Crippen LogP contribution in [0.5, 0.6) is 0 Å². The molecule has 214 valence electrons. The van der Waals surface area contributed by atoms with E-state index in [0.29, 0.717) is 24.0 Å². The fourth-order valence-electron chi connectivity index (χ4n) is 4.56. The first-order valence-electron chi connectivity index (χ1n) is 13.2. The van der Waals surface area contributed by atoms with Crippen LogP contribution in [0.2, 0.25) is 0 Å². The molecule has 0 saturated carbocycles. The van der Waals surface area contributed by atoms with Crippen molar-refractivity contribution < 1.29 is 26.4 Å². The van der Waals surface area contributed by atoms with E-state index in [1.165, 1.54) is 36.4 Å². The summed E-state index contributed by atoms with van der Waals surface area (Å²) in [5.74, 6) is -1.23. The topological polar surface area (TPSA) is 109 Å². The number of rotatable bonds is 10. The third-order valence-electron chi connectivity index (χ3n) is 6.40. The number of benzene rings is 3. The van der Waals surface area contributed by atoms with Crippen molar-refractivity contribution in [2.75, 3.05) is 8.61 Å². The van der Waals surface area contributed by atoms with Gasteiger partial charge in [-0.15, -0.1) is 0 Å². The van der Waals surface area contributed by atoms with Crippen LogP contribution in [0.15, 0.2) is 70.5 Å². The monoisotopic (exact) mass is 584 g/mol. The second kappa shape index (κ2) is 12.3. The van der Waals surface area contributed by atoms with Crippen molar-refractivity contribution in [3.63, 3.8) is 0 Å². The van der Waals surface area contributed by atoms with Gasteiger partial charge in [0.05, 0.1) is 21.2 Å². The highest BCUT2D eigenvalue weighted by Crippen LogP contribution is 2.32. The maximum atomic E-state index is 13.7. The third kappa shape index (κ3) is 6.28. The van der Waals surface area contributed by atoms with Gasteiger partial charge in [-0.3, -0.25) is 9.59 Å². The minimum Gasteiger partial charge on any atom is -0.273 e. The van der Waals surface area contributed by atoms with Gasteiger partial charge in [-0.1, -0.05) is 49.2 Å². The summed E-state index contributed by atoms with van der Waals surface area (Å²) in [6, 6.07) is 15.2. The van der Waals surface area contributed by atoms with Crippen molar-refractivity contribution in [2.24, 2.45) is 0 Å². The van der Waals surface area contributed by atoms with Gasteiger partial charge in [0, 0.05) is 12.8 Å². The third-order valence-corrected chi connectivity index (χ3v) is 10.2. The van der Waals surface area contributed by atoms with Gasteiger partial charge in [0.25, 0.3) is 20.0 Å². The number of sulfonamides is 2. The maximum Gasteiger partial charge on any atom is 0.271 e. The molecule has 0 aliphatic rings. The highest BCUT2D eigenvalue weighted by atomic mass is 32.2. The first-order valence-corrected chi connectivity index (χ1v) is 16.0. The Morgan fingerprint density at radius 3 is 1.18 bits per heavy atom. The summed E-state index contributed by atoms with van der Waals surface area (Å²) in [4.78, 5) is 26.3. The SMILES string of the molecule is CCCC(=O)N(c1ccc(N(C(=O)CCC)S(=O)(=O)c2ccc(C)cc2C)cc1)S(=O)(=O)c1ccc(C)cc1C. The predicted molar refractivity (Wildman–Crippen MR) is 157 cm³/mol. The number of hydrogen-bond donors (Lipinski definition) is 0. The molecule has 8 nitrogen and oxygen atoms in total. The Morgan fingerprint density at radius 1 is 0.575 bits per heavy atom. The highest BCUT2D eigenvalue weighted by molar-refractivity contribution is 7.94. The van der Waals surface area contributed by atoms with E-state index in [4.69, 9.17) is 0 Å². The molecule has 0 spiro atoms. The lowest BCUT2D eigenvalue weighted by atomic mass is 10.2. The zero-order chi connectivity index (χ0) is 29.8. The number of anilines is 2. The van der Waals surface area contributed by atoms with Crippen molar-refractivity contribution in [3.05, 3.63) is 82.9 Å². The second-order valence-corrected chi connectivity index (χ2v) is 13.4. The number of carbonyl (C=O) groups excluding carboxylic acids is 2. The van der Waals surface area contributed by atoms with Crippen molar-refractivity contribution in [1.29, 1.82) is 0 Å². The van der Waals surface area contributed by atoms with E-state index in [0.717, 1.165) is 19.7 Å². The van der Waals surface area contributed by atoms with Crippen LogP contribution in [-0.2, 0) is 29.6 Å². The van der Waals surface area contributed by atoms with E-state index in [1.54, 1.807) is 52.0 Å². The molecule has 0 unspecified atom stereocenters. The molecule has 10 heteroatoms. The van der Waals surface area contributed by atoms with Gasteiger partial charge in [-0.25, -0.2) is 25.4 Å². The van der Waals surface area contributed by atoms with Crippen LogP contribution in [-0.4, -0.2) is 28.6 Å². The fraction of sp³-hybridized carbons (Fsp3) is 0.333. The van der Waals surface area contributed by atoms with Gasteiger partial charge in [-0.05, 0) is 88.1 Å². The second-order valence-electron chi connectivity index (χ2n) is 9.88. The van der Waals surface area contributed by atoms with Crippen molar-refractivity contribution in [3.8, 4) is 0 Å². The van der Waals surface area contributed by atoms with Gasteiger partial charge < -0.3 is 0 Å². The van der Waals surface area contributed by atoms with Crippen molar-refractivity contribution in [2.45, 2.75) is 77.0 Å². The molecule has 3 rings (SSSR count). The minimum atomic E-state index is -4.28. The van der Waals surface area contributed by atoms with Gasteiger partial charge in [0.15, 0.2) is 0 Å². The van der Waals surface area contributed by atoms with Gasteiger partial charge >= 0.3 is 0 Å². The summed E-state index contributed by atoms with van der Waals surface area (Å²) in [6.45, 7) is 10.6. The molecule has 2 amide bonds. The van der Waals surface area contributed by atoms with E-state index < -0.39 is 31.9 Å². The molecular weight excluding hydrogens is 548 g/mol. The van der Waals surface area contributed by atoms with Crippen LogP contribution in [0.3, 0.4) is 0 Å². The Bertz CT molecular complexity index is 1510.